The number of nitrogens with two attached hydrogens (primary N) is 1. The molecule has 2 rings (SSSR count). The van der Waals surface area contributed by atoms with E-state index in [0.29, 0.717) is 23.2 Å². The zero-order chi connectivity index (χ0) is 12.1. The molecular weight excluding hydrogens is 238 g/mol. The van der Waals surface area contributed by atoms with Crippen molar-refractivity contribution in [1.29, 1.82) is 0 Å². The van der Waals surface area contributed by atoms with E-state index in [0.717, 1.165) is 6.42 Å². The van der Waals surface area contributed by atoms with E-state index >= 15 is 0 Å². The van der Waals surface area contributed by atoms with Gasteiger partial charge in [-0.3, -0.25) is 0 Å². The Balaban J connectivity index is 2.11. The first kappa shape index (κ1) is 11.8. The average molecular weight is 250 g/mol. The highest BCUT2D eigenvalue weighted by Gasteiger charge is 2.03. The van der Waals surface area contributed by atoms with Gasteiger partial charge in [0.1, 0.15) is 17.1 Å². The molecule has 0 bridgehead atoms. The van der Waals surface area contributed by atoms with Crippen LogP contribution < -0.4 is 10.5 Å². The van der Waals surface area contributed by atoms with Crippen molar-refractivity contribution in [1.82, 2.24) is 9.97 Å². The highest BCUT2D eigenvalue weighted by atomic mass is 35.5. The molecule has 1 aromatic heterocycles. The quantitative estimate of drug-likeness (QED) is 0.904. The second-order valence-electron chi connectivity index (χ2n) is 3.46. The van der Waals surface area contributed by atoms with Crippen molar-refractivity contribution in [2.24, 2.45) is 5.73 Å². The lowest BCUT2D eigenvalue weighted by atomic mass is 10.1. The maximum absolute atomic E-state index is 5.89. The largest absolute Gasteiger partial charge is 0.437 e. The lowest BCUT2D eigenvalue weighted by Crippen LogP contribution is -2.02. The zero-order valence-electron chi connectivity index (χ0n) is 9.14. The first-order valence-electron chi connectivity index (χ1n) is 5.22. The molecule has 0 aliphatic carbocycles. The highest BCUT2D eigenvalue weighted by molar-refractivity contribution is 6.31. The summed E-state index contributed by atoms with van der Waals surface area (Å²) in [7, 11) is 0. The van der Waals surface area contributed by atoms with E-state index in [-0.39, 0.29) is 0 Å². The monoisotopic (exact) mass is 249 g/mol. The van der Waals surface area contributed by atoms with Gasteiger partial charge in [-0.2, -0.15) is 0 Å². The van der Waals surface area contributed by atoms with Gasteiger partial charge in [0.2, 0.25) is 5.88 Å². The Hall–Kier alpha value is -1.65. The highest BCUT2D eigenvalue weighted by Crippen LogP contribution is 2.25. The van der Waals surface area contributed by atoms with Crippen LogP contribution >= 0.6 is 11.6 Å². The molecule has 0 aliphatic rings. The molecule has 0 saturated carbocycles. The van der Waals surface area contributed by atoms with Gasteiger partial charge in [-0.05, 0) is 30.7 Å². The standard InChI is InChI=1S/C12H12ClN3O/c13-11-7-15-8-16-12(11)17-10-3-1-9(2-4-10)5-6-14/h1-4,7-8H,5-6,14H2. The summed E-state index contributed by atoms with van der Waals surface area (Å²) in [5.41, 5.74) is 6.65. The molecular formula is C12H12ClN3O. The van der Waals surface area contributed by atoms with Crippen LogP contribution in [0.1, 0.15) is 5.56 Å². The van der Waals surface area contributed by atoms with Gasteiger partial charge >= 0.3 is 0 Å². The third-order valence-electron chi connectivity index (χ3n) is 2.20. The van der Waals surface area contributed by atoms with Gasteiger partial charge < -0.3 is 10.5 Å². The lowest BCUT2D eigenvalue weighted by Gasteiger charge is -2.06. The maximum atomic E-state index is 5.89. The molecule has 1 heterocycles. The van der Waals surface area contributed by atoms with E-state index in [2.05, 4.69) is 9.97 Å². The molecule has 0 fully saturated rings. The molecule has 0 amide bonds. The first-order chi connectivity index (χ1) is 8.29. The van der Waals surface area contributed by atoms with Crippen LogP contribution in [-0.4, -0.2) is 16.5 Å². The summed E-state index contributed by atoms with van der Waals surface area (Å²) < 4.78 is 5.53. The normalized spacial score (nSPS) is 10.2. The number of hydrogen-bond acceptors (Lipinski definition) is 4. The third-order valence-corrected chi connectivity index (χ3v) is 2.46. The fraction of sp³-hybridized carbons (Fsp3) is 0.167. The number of halogens is 1. The van der Waals surface area contributed by atoms with E-state index in [1.807, 2.05) is 24.3 Å². The Morgan fingerprint density at radius 1 is 1.24 bits per heavy atom. The number of ether oxygens (including phenoxy) is 1. The van der Waals surface area contributed by atoms with Crippen LogP contribution in [0.5, 0.6) is 11.6 Å². The Morgan fingerprint density at radius 2 is 2.00 bits per heavy atom. The minimum absolute atomic E-state index is 0.355. The fourth-order valence-corrected chi connectivity index (χ4v) is 1.52. The Morgan fingerprint density at radius 3 is 2.65 bits per heavy atom. The van der Waals surface area contributed by atoms with Crippen molar-refractivity contribution in [3.63, 3.8) is 0 Å². The molecule has 88 valence electrons. The van der Waals surface area contributed by atoms with E-state index in [1.54, 1.807) is 0 Å². The molecule has 5 heteroatoms. The molecule has 0 aliphatic heterocycles. The second-order valence-corrected chi connectivity index (χ2v) is 3.87. The van der Waals surface area contributed by atoms with Crippen molar-refractivity contribution < 1.29 is 4.74 Å². The van der Waals surface area contributed by atoms with Crippen molar-refractivity contribution in [2.75, 3.05) is 6.54 Å². The van der Waals surface area contributed by atoms with Crippen LogP contribution in [0.15, 0.2) is 36.8 Å². The molecule has 0 unspecified atom stereocenters. The number of nitrogens with zero attached hydrogens (tertiary/aromatic N) is 2. The third kappa shape index (κ3) is 3.15. The number of rotatable bonds is 4. The van der Waals surface area contributed by atoms with Crippen molar-refractivity contribution in [2.45, 2.75) is 6.42 Å². The second kappa shape index (κ2) is 5.61. The van der Waals surface area contributed by atoms with Crippen molar-refractivity contribution in [3.05, 3.63) is 47.4 Å². The molecule has 2 N–H and O–H groups in total. The van der Waals surface area contributed by atoms with Crippen LogP contribution in [0.4, 0.5) is 0 Å². The van der Waals surface area contributed by atoms with Crippen LogP contribution in [0.2, 0.25) is 5.02 Å². The van der Waals surface area contributed by atoms with Gasteiger partial charge in [-0.15, -0.1) is 0 Å². The van der Waals surface area contributed by atoms with Gasteiger partial charge in [-0.25, -0.2) is 9.97 Å². The summed E-state index contributed by atoms with van der Waals surface area (Å²) >= 11 is 5.89. The topological polar surface area (TPSA) is 61.0 Å². The Kier molecular flexibility index (Phi) is 3.90. The first-order valence-corrected chi connectivity index (χ1v) is 5.60. The molecule has 0 spiro atoms. The van der Waals surface area contributed by atoms with E-state index in [9.17, 15) is 0 Å². The van der Waals surface area contributed by atoms with Gasteiger partial charge in [0.15, 0.2) is 0 Å². The van der Waals surface area contributed by atoms with E-state index < -0.39 is 0 Å². The van der Waals surface area contributed by atoms with E-state index in [4.69, 9.17) is 22.1 Å². The summed E-state index contributed by atoms with van der Waals surface area (Å²) in [4.78, 5) is 7.74. The summed E-state index contributed by atoms with van der Waals surface area (Å²) in [6.45, 7) is 0.637. The van der Waals surface area contributed by atoms with Gasteiger partial charge in [0.05, 0.1) is 6.20 Å². The molecule has 4 nitrogen and oxygen atoms in total. The van der Waals surface area contributed by atoms with Crippen LogP contribution in [0.25, 0.3) is 0 Å². The van der Waals surface area contributed by atoms with Crippen molar-refractivity contribution in [3.8, 4) is 11.6 Å². The van der Waals surface area contributed by atoms with Crippen LogP contribution in [0, 0.1) is 0 Å². The number of benzene rings is 1. The van der Waals surface area contributed by atoms with Crippen LogP contribution in [-0.2, 0) is 6.42 Å². The SMILES string of the molecule is NCCc1ccc(Oc2ncncc2Cl)cc1. The average Bonchev–Trinajstić information content (AvgIpc) is 2.35. The molecule has 17 heavy (non-hydrogen) atoms. The summed E-state index contributed by atoms with van der Waals surface area (Å²) in [6.07, 6.45) is 3.74. The Bertz CT molecular complexity index is 487. The maximum Gasteiger partial charge on any atom is 0.241 e. The molecule has 0 atom stereocenters. The lowest BCUT2D eigenvalue weighted by molar-refractivity contribution is 0.461. The predicted molar refractivity (Wildman–Crippen MR) is 66.3 cm³/mol. The smallest absolute Gasteiger partial charge is 0.241 e. The Labute approximate surface area is 104 Å². The predicted octanol–water partition coefficient (Wildman–Crippen LogP) is 2.42. The summed E-state index contributed by atoms with van der Waals surface area (Å²) in [5, 5.41) is 0.388. The molecule has 0 radical (unpaired) electrons. The van der Waals surface area contributed by atoms with Crippen molar-refractivity contribution >= 4 is 11.6 Å². The number of hydrogen-bond donors (Lipinski definition) is 1. The minimum atomic E-state index is 0.355. The number of aromatic nitrogens is 2. The van der Waals surface area contributed by atoms with Gasteiger partial charge in [-0.1, -0.05) is 23.7 Å². The molecule has 0 saturated heterocycles. The fourth-order valence-electron chi connectivity index (χ4n) is 1.38. The molecule has 1 aromatic carbocycles. The zero-order valence-corrected chi connectivity index (χ0v) is 9.89. The van der Waals surface area contributed by atoms with Crippen LogP contribution in [0.3, 0.4) is 0 Å². The van der Waals surface area contributed by atoms with Gasteiger partial charge in [0.25, 0.3) is 0 Å². The summed E-state index contributed by atoms with van der Waals surface area (Å²) in [6, 6.07) is 7.67. The minimum Gasteiger partial charge on any atom is -0.437 e. The molecule has 2 aromatic rings. The van der Waals surface area contributed by atoms with Gasteiger partial charge in [0, 0.05) is 0 Å². The summed E-state index contributed by atoms with van der Waals surface area (Å²) in [5.74, 6) is 1.04. The van der Waals surface area contributed by atoms with E-state index in [1.165, 1.54) is 18.1 Å².